The minimum Gasteiger partial charge on any atom is -0.488 e. The third-order valence-corrected chi connectivity index (χ3v) is 3.21. The molecule has 1 aromatic heterocycles. The van der Waals surface area contributed by atoms with Crippen molar-refractivity contribution in [3.63, 3.8) is 0 Å². The Hall–Kier alpha value is -2.41. The smallest absolute Gasteiger partial charge is 0.270 e. The molecule has 0 bridgehead atoms. The van der Waals surface area contributed by atoms with Crippen molar-refractivity contribution < 1.29 is 19.3 Å². The van der Waals surface area contributed by atoms with Gasteiger partial charge in [0.05, 0.1) is 22.3 Å². The van der Waals surface area contributed by atoms with Crippen molar-refractivity contribution in [1.82, 2.24) is 5.16 Å². The van der Waals surface area contributed by atoms with Crippen LogP contribution in [-0.2, 0) is 6.61 Å². The minimum atomic E-state index is -0.871. The highest BCUT2D eigenvalue weighted by molar-refractivity contribution is 5.45. The zero-order chi connectivity index (χ0) is 15.6. The number of hydrogen-bond donors (Lipinski definition) is 1. The molecule has 0 saturated heterocycles. The minimum absolute atomic E-state index is 0.0874. The number of aryl methyl sites for hydroxylation is 2. The maximum Gasteiger partial charge on any atom is 0.270 e. The fourth-order valence-corrected chi connectivity index (χ4v) is 1.97. The number of hydrogen-bond acceptors (Lipinski definition) is 6. The van der Waals surface area contributed by atoms with Gasteiger partial charge in [-0.05, 0) is 26.8 Å². The van der Waals surface area contributed by atoms with Gasteiger partial charge in [-0.3, -0.25) is 10.1 Å². The first-order valence-electron chi connectivity index (χ1n) is 6.41. The van der Waals surface area contributed by atoms with E-state index >= 15 is 0 Å². The Kier molecular flexibility index (Phi) is 4.23. The number of aliphatic hydroxyl groups excluding tert-OH is 1. The van der Waals surface area contributed by atoms with Crippen LogP contribution in [0.25, 0.3) is 0 Å². The van der Waals surface area contributed by atoms with Crippen LogP contribution >= 0.6 is 0 Å². The van der Waals surface area contributed by atoms with E-state index in [4.69, 9.17) is 9.26 Å². The van der Waals surface area contributed by atoms with E-state index in [2.05, 4.69) is 5.16 Å². The Labute approximate surface area is 121 Å². The number of nitro groups is 1. The highest BCUT2D eigenvalue weighted by atomic mass is 16.6. The van der Waals surface area contributed by atoms with Crippen LogP contribution in [0.4, 0.5) is 5.69 Å². The van der Waals surface area contributed by atoms with Gasteiger partial charge in [0, 0.05) is 17.7 Å². The highest BCUT2D eigenvalue weighted by Gasteiger charge is 2.17. The summed E-state index contributed by atoms with van der Waals surface area (Å²) in [5.41, 5.74) is 1.84. The molecule has 2 rings (SSSR count). The van der Waals surface area contributed by atoms with Crippen LogP contribution in [-0.4, -0.2) is 15.2 Å². The third-order valence-electron chi connectivity index (χ3n) is 3.21. The molecule has 7 heteroatoms. The van der Waals surface area contributed by atoms with Crippen LogP contribution in [0.1, 0.15) is 35.6 Å². The average Bonchev–Trinajstić information content (AvgIpc) is 2.75. The molecule has 2 aromatic rings. The van der Waals surface area contributed by atoms with E-state index in [-0.39, 0.29) is 12.3 Å². The van der Waals surface area contributed by atoms with Crippen LogP contribution in [0.3, 0.4) is 0 Å². The topological polar surface area (TPSA) is 98.6 Å². The average molecular weight is 292 g/mol. The van der Waals surface area contributed by atoms with E-state index in [1.54, 1.807) is 13.8 Å². The van der Waals surface area contributed by atoms with E-state index in [1.807, 2.05) is 0 Å². The molecule has 0 aliphatic heterocycles. The van der Waals surface area contributed by atoms with Crippen molar-refractivity contribution in [3.8, 4) is 5.75 Å². The van der Waals surface area contributed by atoms with Gasteiger partial charge in [-0.15, -0.1) is 0 Å². The van der Waals surface area contributed by atoms with Gasteiger partial charge in [-0.25, -0.2) is 0 Å². The first-order valence-corrected chi connectivity index (χ1v) is 6.41. The maximum atomic E-state index is 10.8. The van der Waals surface area contributed by atoms with Gasteiger partial charge >= 0.3 is 0 Å². The summed E-state index contributed by atoms with van der Waals surface area (Å²) in [5, 5.41) is 24.4. The van der Waals surface area contributed by atoms with Gasteiger partial charge in [0.1, 0.15) is 18.1 Å². The summed E-state index contributed by atoms with van der Waals surface area (Å²) in [7, 11) is 0. The van der Waals surface area contributed by atoms with Crippen LogP contribution in [0, 0.1) is 24.0 Å². The second kappa shape index (κ2) is 5.92. The molecule has 7 nitrogen and oxygen atoms in total. The molecule has 1 atom stereocenters. The second-order valence-electron chi connectivity index (χ2n) is 4.75. The lowest BCUT2D eigenvalue weighted by Gasteiger charge is -2.13. The zero-order valence-electron chi connectivity index (χ0n) is 12.0. The van der Waals surface area contributed by atoms with E-state index < -0.39 is 11.0 Å². The number of aliphatic hydroxyl groups is 1. The largest absolute Gasteiger partial charge is 0.488 e. The number of aromatic nitrogens is 1. The van der Waals surface area contributed by atoms with Crippen molar-refractivity contribution in [3.05, 3.63) is 50.9 Å². The molecule has 1 aromatic carbocycles. The Morgan fingerprint density at radius 2 is 2.19 bits per heavy atom. The molecule has 0 saturated carbocycles. The van der Waals surface area contributed by atoms with Gasteiger partial charge in [0.2, 0.25) is 0 Å². The van der Waals surface area contributed by atoms with Crippen molar-refractivity contribution in [1.29, 1.82) is 0 Å². The summed E-state index contributed by atoms with van der Waals surface area (Å²) in [6, 6.07) is 4.14. The third kappa shape index (κ3) is 3.19. The summed E-state index contributed by atoms with van der Waals surface area (Å²) in [5.74, 6) is 1.06. The molecule has 0 amide bonds. The molecule has 0 aliphatic carbocycles. The highest BCUT2D eigenvalue weighted by Crippen LogP contribution is 2.30. The standard InChI is InChI=1S/C14H16N2O5/c1-8-13(10(3)21-15-8)7-20-14-5-4-11(16(18)19)6-12(14)9(2)17/h4-6,9,17H,7H2,1-3H3. The van der Waals surface area contributed by atoms with E-state index in [0.717, 1.165) is 11.3 Å². The predicted octanol–water partition coefficient (Wildman–Crippen LogP) is 2.83. The number of benzene rings is 1. The summed E-state index contributed by atoms with van der Waals surface area (Å²) in [4.78, 5) is 10.3. The lowest BCUT2D eigenvalue weighted by Crippen LogP contribution is -2.03. The van der Waals surface area contributed by atoms with Gasteiger partial charge in [-0.2, -0.15) is 0 Å². The molecule has 0 spiro atoms. The van der Waals surface area contributed by atoms with Gasteiger partial charge in [0.15, 0.2) is 0 Å². The molecule has 0 fully saturated rings. The van der Waals surface area contributed by atoms with Crippen molar-refractivity contribution in [2.45, 2.75) is 33.5 Å². The number of non-ortho nitro benzene ring substituents is 1. The van der Waals surface area contributed by atoms with E-state index in [9.17, 15) is 15.2 Å². The van der Waals surface area contributed by atoms with E-state index in [1.165, 1.54) is 25.1 Å². The zero-order valence-corrected chi connectivity index (χ0v) is 12.0. The molecule has 1 unspecified atom stereocenters. The van der Waals surface area contributed by atoms with E-state index in [0.29, 0.717) is 17.1 Å². The first-order chi connectivity index (χ1) is 9.90. The Balaban J connectivity index is 2.25. The van der Waals surface area contributed by atoms with Crippen molar-refractivity contribution in [2.75, 3.05) is 0 Å². The van der Waals surface area contributed by atoms with Crippen LogP contribution < -0.4 is 4.74 Å². The lowest BCUT2D eigenvalue weighted by atomic mass is 10.1. The van der Waals surface area contributed by atoms with Gasteiger partial charge in [-0.1, -0.05) is 5.16 Å². The number of rotatable bonds is 5. The maximum absolute atomic E-state index is 10.8. The summed E-state index contributed by atoms with van der Waals surface area (Å²) in [6.07, 6.45) is -0.871. The van der Waals surface area contributed by atoms with Gasteiger partial charge < -0.3 is 14.4 Å². The Bertz CT molecular complexity index is 644. The normalized spacial score (nSPS) is 12.2. The molecular formula is C14H16N2O5. The fourth-order valence-electron chi connectivity index (χ4n) is 1.97. The molecule has 0 aliphatic rings. The lowest BCUT2D eigenvalue weighted by molar-refractivity contribution is -0.385. The summed E-state index contributed by atoms with van der Waals surface area (Å²) >= 11 is 0. The number of nitro benzene ring substituents is 1. The summed E-state index contributed by atoms with van der Waals surface area (Å²) in [6.45, 7) is 5.34. The second-order valence-corrected chi connectivity index (χ2v) is 4.75. The molecule has 0 radical (unpaired) electrons. The van der Waals surface area contributed by atoms with Crippen molar-refractivity contribution in [2.24, 2.45) is 0 Å². The Morgan fingerprint density at radius 1 is 1.48 bits per heavy atom. The SMILES string of the molecule is Cc1noc(C)c1COc1ccc([N+](=O)[O-])cc1C(C)O. The molecule has 21 heavy (non-hydrogen) atoms. The monoisotopic (exact) mass is 292 g/mol. The van der Waals surface area contributed by atoms with Gasteiger partial charge in [0.25, 0.3) is 5.69 Å². The summed E-state index contributed by atoms with van der Waals surface area (Å²) < 4.78 is 10.7. The fraction of sp³-hybridized carbons (Fsp3) is 0.357. The first kappa shape index (κ1) is 15.0. The molecular weight excluding hydrogens is 276 g/mol. The molecule has 112 valence electrons. The molecule has 1 heterocycles. The van der Waals surface area contributed by atoms with Crippen LogP contribution in [0.5, 0.6) is 5.75 Å². The molecule has 1 N–H and O–H groups in total. The quantitative estimate of drug-likeness (QED) is 0.672. The number of nitrogens with zero attached hydrogens (tertiary/aromatic N) is 2. The van der Waals surface area contributed by atoms with Crippen molar-refractivity contribution >= 4 is 5.69 Å². The number of ether oxygens (including phenoxy) is 1. The predicted molar refractivity (Wildman–Crippen MR) is 74.0 cm³/mol. The van der Waals surface area contributed by atoms with Crippen LogP contribution in [0.15, 0.2) is 22.7 Å². The van der Waals surface area contributed by atoms with Crippen LogP contribution in [0.2, 0.25) is 0 Å². The Morgan fingerprint density at radius 3 is 2.71 bits per heavy atom.